The number of rotatable bonds is 4. The molecule has 0 radical (unpaired) electrons. The smallest absolute Gasteiger partial charge is 0.255 e. The SMILES string of the molecule is CCCNc1ncc(C(=O)N2CC(C)OCC2C)cc1Cl. The third kappa shape index (κ3) is 3.86. The summed E-state index contributed by atoms with van der Waals surface area (Å²) in [7, 11) is 0. The number of amides is 1. The summed E-state index contributed by atoms with van der Waals surface area (Å²) in [5, 5.41) is 3.61. The van der Waals surface area contributed by atoms with E-state index in [2.05, 4.69) is 17.2 Å². The van der Waals surface area contributed by atoms with E-state index in [1.165, 1.54) is 0 Å². The molecule has 0 aliphatic carbocycles. The van der Waals surface area contributed by atoms with Gasteiger partial charge in [-0.25, -0.2) is 4.98 Å². The van der Waals surface area contributed by atoms with Crippen molar-refractivity contribution in [2.75, 3.05) is 25.0 Å². The lowest BCUT2D eigenvalue weighted by Crippen LogP contribution is -2.50. The fourth-order valence-corrected chi connectivity index (χ4v) is 2.51. The van der Waals surface area contributed by atoms with Crippen LogP contribution in [0.15, 0.2) is 12.3 Å². The molecule has 0 spiro atoms. The second-order valence-electron chi connectivity index (χ2n) is 5.43. The van der Waals surface area contributed by atoms with Gasteiger partial charge in [-0.15, -0.1) is 0 Å². The standard InChI is InChI=1S/C15H22ClN3O2/c1-4-5-17-14-13(16)6-12(7-18-14)15(20)19-8-11(3)21-9-10(19)2/h6-7,10-11H,4-5,8-9H2,1-3H3,(H,17,18). The Morgan fingerprint density at radius 3 is 3.00 bits per heavy atom. The molecule has 2 heterocycles. The van der Waals surface area contributed by atoms with Crippen molar-refractivity contribution >= 4 is 23.3 Å². The van der Waals surface area contributed by atoms with Gasteiger partial charge in [-0.3, -0.25) is 4.79 Å². The Morgan fingerprint density at radius 1 is 1.57 bits per heavy atom. The third-order valence-electron chi connectivity index (χ3n) is 3.50. The first kappa shape index (κ1) is 16.0. The van der Waals surface area contributed by atoms with Crippen molar-refractivity contribution in [3.8, 4) is 0 Å². The maximum atomic E-state index is 12.6. The summed E-state index contributed by atoms with van der Waals surface area (Å²) in [5.74, 6) is 0.576. The zero-order valence-corrected chi connectivity index (χ0v) is 13.5. The molecular weight excluding hydrogens is 290 g/mol. The van der Waals surface area contributed by atoms with E-state index in [0.717, 1.165) is 13.0 Å². The van der Waals surface area contributed by atoms with Crippen LogP contribution in [0.2, 0.25) is 5.02 Å². The van der Waals surface area contributed by atoms with E-state index in [1.54, 1.807) is 12.3 Å². The molecule has 116 valence electrons. The van der Waals surface area contributed by atoms with Gasteiger partial charge in [0, 0.05) is 19.3 Å². The van der Waals surface area contributed by atoms with Crippen LogP contribution in [-0.4, -0.2) is 47.6 Å². The second-order valence-corrected chi connectivity index (χ2v) is 5.84. The molecule has 0 saturated carbocycles. The number of anilines is 1. The van der Waals surface area contributed by atoms with Crippen LogP contribution in [0.4, 0.5) is 5.82 Å². The van der Waals surface area contributed by atoms with Crippen LogP contribution in [0.3, 0.4) is 0 Å². The second kappa shape index (κ2) is 7.09. The van der Waals surface area contributed by atoms with E-state index in [4.69, 9.17) is 16.3 Å². The molecule has 2 unspecified atom stereocenters. The van der Waals surface area contributed by atoms with Gasteiger partial charge in [-0.2, -0.15) is 0 Å². The Bertz CT molecular complexity index is 510. The summed E-state index contributed by atoms with van der Waals surface area (Å²) in [6, 6.07) is 1.74. The highest BCUT2D eigenvalue weighted by molar-refractivity contribution is 6.33. The molecule has 1 aromatic heterocycles. The molecule has 1 N–H and O–H groups in total. The highest BCUT2D eigenvalue weighted by atomic mass is 35.5. The van der Waals surface area contributed by atoms with Gasteiger partial charge in [0.05, 0.1) is 29.3 Å². The van der Waals surface area contributed by atoms with Crippen LogP contribution in [0, 0.1) is 0 Å². The van der Waals surface area contributed by atoms with Gasteiger partial charge >= 0.3 is 0 Å². The predicted octanol–water partition coefficient (Wildman–Crippen LogP) is 2.81. The normalized spacial score (nSPS) is 22.2. The molecule has 5 nitrogen and oxygen atoms in total. The van der Waals surface area contributed by atoms with Crippen LogP contribution in [0.25, 0.3) is 0 Å². The van der Waals surface area contributed by atoms with Gasteiger partial charge in [0.25, 0.3) is 5.91 Å². The molecule has 1 aromatic rings. The molecule has 1 fully saturated rings. The van der Waals surface area contributed by atoms with E-state index < -0.39 is 0 Å². The molecule has 1 amide bonds. The average molecular weight is 312 g/mol. The fourth-order valence-electron chi connectivity index (χ4n) is 2.28. The maximum Gasteiger partial charge on any atom is 0.255 e. The van der Waals surface area contributed by atoms with E-state index >= 15 is 0 Å². The predicted molar refractivity (Wildman–Crippen MR) is 83.9 cm³/mol. The van der Waals surface area contributed by atoms with Gasteiger partial charge in [0.15, 0.2) is 0 Å². The summed E-state index contributed by atoms with van der Waals surface area (Å²) < 4.78 is 5.55. The first-order valence-corrected chi connectivity index (χ1v) is 7.72. The number of ether oxygens (including phenoxy) is 1. The minimum atomic E-state index is -0.0471. The molecule has 1 saturated heterocycles. The number of hydrogen-bond acceptors (Lipinski definition) is 4. The molecular formula is C15H22ClN3O2. The number of carbonyl (C=O) groups is 1. The first-order valence-electron chi connectivity index (χ1n) is 7.35. The minimum absolute atomic E-state index is 0.0471. The average Bonchev–Trinajstić information content (AvgIpc) is 2.47. The summed E-state index contributed by atoms with van der Waals surface area (Å²) in [4.78, 5) is 18.7. The van der Waals surface area contributed by atoms with E-state index in [1.807, 2.05) is 18.7 Å². The largest absolute Gasteiger partial charge is 0.375 e. The van der Waals surface area contributed by atoms with Crippen molar-refractivity contribution in [2.45, 2.75) is 39.3 Å². The quantitative estimate of drug-likeness (QED) is 0.929. The van der Waals surface area contributed by atoms with Gasteiger partial charge in [0.1, 0.15) is 5.82 Å². The first-order chi connectivity index (χ1) is 10.0. The molecule has 1 aliphatic rings. The van der Waals surface area contributed by atoms with Crippen LogP contribution in [0.1, 0.15) is 37.6 Å². The van der Waals surface area contributed by atoms with E-state index in [9.17, 15) is 4.79 Å². The van der Waals surface area contributed by atoms with Gasteiger partial charge in [0.2, 0.25) is 0 Å². The Hall–Kier alpha value is -1.33. The summed E-state index contributed by atoms with van der Waals surface area (Å²) in [6.07, 6.45) is 2.63. The highest BCUT2D eigenvalue weighted by Crippen LogP contribution is 2.22. The summed E-state index contributed by atoms with van der Waals surface area (Å²) >= 11 is 6.19. The van der Waals surface area contributed by atoms with Crippen molar-refractivity contribution in [1.29, 1.82) is 0 Å². The van der Waals surface area contributed by atoms with Gasteiger partial charge in [-0.05, 0) is 26.3 Å². The number of nitrogens with one attached hydrogen (secondary N) is 1. The van der Waals surface area contributed by atoms with E-state index in [-0.39, 0.29) is 18.1 Å². The molecule has 21 heavy (non-hydrogen) atoms. The highest BCUT2D eigenvalue weighted by Gasteiger charge is 2.28. The topological polar surface area (TPSA) is 54.5 Å². The van der Waals surface area contributed by atoms with Gasteiger partial charge in [-0.1, -0.05) is 18.5 Å². The molecule has 2 rings (SSSR count). The Kier molecular flexibility index (Phi) is 5.42. The molecule has 0 bridgehead atoms. The minimum Gasteiger partial charge on any atom is -0.375 e. The number of pyridine rings is 1. The van der Waals surface area contributed by atoms with Crippen molar-refractivity contribution in [1.82, 2.24) is 9.88 Å². The van der Waals surface area contributed by atoms with Crippen molar-refractivity contribution in [3.63, 3.8) is 0 Å². The van der Waals surface area contributed by atoms with Crippen molar-refractivity contribution in [2.24, 2.45) is 0 Å². The lowest BCUT2D eigenvalue weighted by molar-refractivity contribution is -0.0387. The van der Waals surface area contributed by atoms with E-state index in [0.29, 0.717) is 29.6 Å². The number of morpholine rings is 1. The third-order valence-corrected chi connectivity index (χ3v) is 3.79. The van der Waals surface area contributed by atoms with Gasteiger partial charge < -0.3 is 15.0 Å². The number of nitrogens with zero attached hydrogens (tertiary/aromatic N) is 2. The molecule has 6 heteroatoms. The Labute approximate surface area is 130 Å². The summed E-state index contributed by atoms with van der Waals surface area (Å²) in [5.41, 5.74) is 0.517. The molecule has 0 aromatic carbocycles. The summed E-state index contributed by atoms with van der Waals surface area (Å²) in [6.45, 7) is 7.97. The lowest BCUT2D eigenvalue weighted by Gasteiger charge is -2.36. The van der Waals surface area contributed by atoms with Crippen LogP contribution in [-0.2, 0) is 4.74 Å². The molecule has 2 atom stereocenters. The number of hydrogen-bond donors (Lipinski definition) is 1. The fraction of sp³-hybridized carbons (Fsp3) is 0.600. The maximum absolute atomic E-state index is 12.6. The van der Waals surface area contributed by atoms with Crippen LogP contribution < -0.4 is 5.32 Å². The molecule has 1 aliphatic heterocycles. The van der Waals surface area contributed by atoms with Crippen molar-refractivity contribution in [3.05, 3.63) is 22.8 Å². The number of carbonyl (C=O) groups excluding carboxylic acids is 1. The number of aromatic nitrogens is 1. The zero-order valence-electron chi connectivity index (χ0n) is 12.7. The Morgan fingerprint density at radius 2 is 2.33 bits per heavy atom. The zero-order chi connectivity index (χ0) is 15.4. The monoisotopic (exact) mass is 311 g/mol. The van der Waals surface area contributed by atoms with Crippen LogP contribution >= 0.6 is 11.6 Å². The number of halogens is 1. The van der Waals surface area contributed by atoms with Crippen LogP contribution in [0.5, 0.6) is 0 Å². The lowest BCUT2D eigenvalue weighted by atomic mass is 10.1. The van der Waals surface area contributed by atoms with Crippen molar-refractivity contribution < 1.29 is 9.53 Å². The Balaban J connectivity index is 2.13.